The van der Waals surface area contributed by atoms with E-state index in [4.69, 9.17) is 9.47 Å². The standard InChI is InChI=1S/C28H26N2O5/c1-17-6-5-7-20(12-17)16-35-25-15-22(34-4)11-10-21(25)14-23-26(31)29-28(33)30(27(23)32)24-13-18(2)8-9-19(24)3/h5-15H,16H2,1-4H3,(H,29,31,33)/b23-14+. The van der Waals surface area contributed by atoms with Crippen molar-refractivity contribution >= 4 is 29.6 Å². The van der Waals surface area contributed by atoms with Crippen molar-refractivity contribution in [3.8, 4) is 11.5 Å². The monoisotopic (exact) mass is 470 g/mol. The summed E-state index contributed by atoms with van der Waals surface area (Å²) in [6.07, 6.45) is 1.44. The number of carbonyl (C=O) groups is 3. The zero-order valence-electron chi connectivity index (χ0n) is 20.0. The van der Waals surface area contributed by atoms with Crippen molar-refractivity contribution in [1.82, 2.24) is 5.32 Å². The average Bonchev–Trinajstić information content (AvgIpc) is 2.83. The lowest BCUT2D eigenvalue weighted by Gasteiger charge is -2.28. The average molecular weight is 471 g/mol. The molecule has 0 atom stereocenters. The Labute approximate surface area is 204 Å². The normalized spacial score (nSPS) is 14.8. The Morgan fingerprint density at radius 1 is 0.914 bits per heavy atom. The number of aryl methyl sites for hydroxylation is 3. The number of barbiturate groups is 1. The van der Waals surface area contributed by atoms with Crippen LogP contribution in [0.25, 0.3) is 6.08 Å². The smallest absolute Gasteiger partial charge is 0.335 e. The maximum Gasteiger partial charge on any atom is 0.335 e. The van der Waals surface area contributed by atoms with Gasteiger partial charge in [0.25, 0.3) is 11.8 Å². The van der Waals surface area contributed by atoms with Gasteiger partial charge < -0.3 is 9.47 Å². The Hall–Kier alpha value is -4.39. The number of methoxy groups -OCH3 is 1. The molecule has 3 aromatic carbocycles. The molecule has 7 nitrogen and oxygen atoms in total. The van der Waals surface area contributed by atoms with E-state index >= 15 is 0 Å². The molecule has 0 aliphatic carbocycles. The van der Waals surface area contributed by atoms with Crippen molar-refractivity contribution < 1.29 is 23.9 Å². The van der Waals surface area contributed by atoms with Gasteiger partial charge >= 0.3 is 6.03 Å². The zero-order chi connectivity index (χ0) is 25.1. The summed E-state index contributed by atoms with van der Waals surface area (Å²) in [5.74, 6) is -0.456. The molecule has 1 heterocycles. The lowest BCUT2D eigenvalue weighted by Crippen LogP contribution is -2.54. The molecule has 0 spiro atoms. The first-order valence-corrected chi connectivity index (χ1v) is 11.1. The Bertz CT molecular complexity index is 1360. The van der Waals surface area contributed by atoms with Crippen LogP contribution in [0.5, 0.6) is 11.5 Å². The lowest BCUT2D eigenvalue weighted by molar-refractivity contribution is -0.122. The number of benzene rings is 3. The Morgan fingerprint density at radius 3 is 2.43 bits per heavy atom. The third-order valence-electron chi connectivity index (χ3n) is 5.70. The molecule has 0 unspecified atom stereocenters. The molecule has 35 heavy (non-hydrogen) atoms. The highest BCUT2D eigenvalue weighted by atomic mass is 16.5. The quantitative estimate of drug-likeness (QED) is 0.411. The van der Waals surface area contributed by atoms with Gasteiger partial charge in [0, 0.05) is 11.6 Å². The first-order chi connectivity index (χ1) is 16.8. The van der Waals surface area contributed by atoms with Crippen molar-refractivity contribution in [3.05, 3.63) is 94.1 Å². The van der Waals surface area contributed by atoms with Crippen LogP contribution in [-0.2, 0) is 16.2 Å². The number of urea groups is 1. The van der Waals surface area contributed by atoms with E-state index in [1.165, 1.54) is 6.08 Å². The Kier molecular flexibility index (Phi) is 6.68. The minimum absolute atomic E-state index is 0.170. The number of anilines is 1. The predicted octanol–water partition coefficient (Wildman–Crippen LogP) is 4.87. The van der Waals surface area contributed by atoms with E-state index in [1.54, 1.807) is 38.3 Å². The summed E-state index contributed by atoms with van der Waals surface area (Å²) in [5.41, 5.74) is 4.47. The number of hydrogen-bond acceptors (Lipinski definition) is 5. The van der Waals surface area contributed by atoms with Crippen molar-refractivity contribution in [1.29, 1.82) is 0 Å². The van der Waals surface area contributed by atoms with Gasteiger partial charge in [0.1, 0.15) is 23.7 Å². The summed E-state index contributed by atoms with van der Waals surface area (Å²) in [6, 6.07) is 17.7. The summed E-state index contributed by atoms with van der Waals surface area (Å²) < 4.78 is 11.4. The van der Waals surface area contributed by atoms with Gasteiger partial charge in [-0.3, -0.25) is 14.9 Å². The maximum atomic E-state index is 13.4. The molecular formula is C28H26N2O5. The molecule has 3 aromatic rings. The number of hydrogen-bond donors (Lipinski definition) is 1. The van der Waals surface area contributed by atoms with Crippen molar-refractivity contribution in [2.24, 2.45) is 0 Å². The van der Waals surface area contributed by atoms with Crippen molar-refractivity contribution in [2.45, 2.75) is 27.4 Å². The SMILES string of the molecule is COc1ccc(/C=C2\C(=O)NC(=O)N(c3cc(C)ccc3C)C2=O)c(OCc2cccc(C)c2)c1. The number of carbonyl (C=O) groups excluding carboxylic acids is 3. The predicted molar refractivity (Wildman–Crippen MR) is 133 cm³/mol. The number of ether oxygens (including phenoxy) is 2. The van der Waals surface area contributed by atoms with Crippen LogP contribution in [-0.4, -0.2) is 25.0 Å². The fourth-order valence-corrected chi connectivity index (χ4v) is 3.84. The molecule has 178 valence electrons. The van der Waals surface area contributed by atoms with Crippen LogP contribution in [0, 0.1) is 20.8 Å². The van der Waals surface area contributed by atoms with Crippen LogP contribution in [0.15, 0.2) is 66.2 Å². The summed E-state index contributed by atoms with van der Waals surface area (Å²) in [5, 5.41) is 2.27. The highest BCUT2D eigenvalue weighted by molar-refractivity contribution is 6.39. The fourth-order valence-electron chi connectivity index (χ4n) is 3.84. The fraction of sp³-hybridized carbons (Fsp3) is 0.179. The van der Waals surface area contributed by atoms with Gasteiger partial charge in [0.15, 0.2) is 0 Å². The molecule has 0 bridgehead atoms. The van der Waals surface area contributed by atoms with Crippen molar-refractivity contribution in [2.75, 3.05) is 12.0 Å². The number of nitrogens with zero attached hydrogens (tertiary/aromatic N) is 1. The van der Waals surface area contributed by atoms with E-state index in [0.717, 1.165) is 27.2 Å². The van der Waals surface area contributed by atoms with Crippen LogP contribution in [0.1, 0.15) is 27.8 Å². The minimum atomic E-state index is -0.781. The molecule has 1 saturated heterocycles. The number of rotatable bonds is 6. The molecule has 4 rings (SSSR count). The second-order valence-electron chi connectivity index (χ2n) is 8.43. The maximum absolute atomic E-state index is 13.4. The van der Waals surface area contributed by atoms with Gasteiger partial charge in [-0.05, 0) is 61.7 Å². The van der Waals surface area contributed by atoms with Gasteiger partial charge in [0.05, 0.1) is 12.8 Å². The third-order valence-corrected chi connectivity index (χ3v) is 5.70. The second-order valence-corrected chi connectivity index (χ2v) is 8.43. The van der Waals surface area contributed by atoms with Crippen LogP contribution in [0.2, 0.25) is 0 Å². The highest BCUT2D eigenvalue weighted by Crippen LogP contribution is 2.30. The molecule has 1 aliphatic rings. The van der Waals surface area contributed by atoms with Crippen LogP contribution in [0.3, 0.4) is 0 Å². The topological polar surface area (TPSA) is 84.9 Å². The second kappa shape index (κ2) is 9.85. The van der Waals surface area contributed by atoms with Crippen LogP contribution in [0.4, 0.5) is 10.5 Å². The van der Waals surface area contributed by atoms with E-state index in [9.17, 15) is 14.4 Å². The Balaban J connectivity index is 1.71. The third kappa shape index (κ3) is 5.09. The zero-order valence-corrected chi connectivity index (χ0v) is 20.0. The molecular weight excluding hydrogens is 444 g/mol. The Morgan fingerprint density at radius 2 is 1.69 bits per heavy atom. The van der Waals surface area contributed by atoms with E-state index in [2.05, 4.69) is 5.32 Å². The lowest BCUT2D eigenvalue weighted by atomic mass is 10.0. The van der Waals surface area contributed by atoms with Gasteiger partial charge in [-0.1, -0.05) is 42.0 Å². The van der Waals surface area contributed by atoms with E-state index in [1.807, 2.05) is 50.2 Å². The molecule has 0 radical (unpaired) electrons. The molecule has 7 heteroatoms. The number of amides is 4. The molecule has 1 N–H and O–H groups in total. The van der Waals surface area contributed by atoms with E-state index in [0.29, 0.717) is 22.7 Å². The van der Waals surface area contributed by atoms with Crippen molar-refractivity contribution in [3.63, 3.8) is 0 Å². The summed E-state index contributed by atoms with van der Waals surface area (Å²) in [4.78, 5) is 39.7. The summed E-state index contributed by atoms with van der Waals surface area (Å²) >= 11 is 0. The van der Waals surface area contributed by atoms with Gasteiger partial charge in [-0.15, -0.1) is 0 Å². The van der Waals surface area contributed by atoms with Gasteiger partial charge in [0.2, 0.25) is 0 Å². The number of nitrogens with one attached hydrogen (secondary N) is 1. The van der Waals surface area contributed by atoms with E-state index < -0.39 is 17.8 Å². The van der Waals surface area contributed by atoms with Gasteiger partial charge in [-0.25, -0.2) is 9.69 Å². The number of imide groups is 2. The molecule has 4 amide bonds. The van der Waals surface area contributed by atoms with Gasteiger partial charge in [-0.2, -0.15) is 0 Å². The molecule has 0 saturated carbocycles. The molecule has 0 aromatic heterocycles. The van der Waals surface area contributed by atoms with Crippen LogP contribution >= 0.6 is 0 Å². The first kappa shape index (κ1) is 23.8. The summed E-state index contributed by atoms with van der Waals surface area (Å²) in [7, 11) is 1.55. The van der Waals surface area contributed by atoms with E-state index in [-0.39, 0.29) is 12.2 Å². The van der Waals surface area contributed by atoms with Crippen LogP contribution < -0.4 is 19.7 Å². The highest BCUT2D eigenvalue weighted by Gasteiger charge is 2.37. The molecule has 1 aliphatic heterocycles. The minimum Gasteiger partial charge on any atom is -0.497 e. The molecule has 1 fully saturated rings. The first-order valence-electron chi connectivity index (χ1n) is 11.1. The largest absolute Gasteiger partial charge is 0.497 e. The summed E-state index contributed by atoms with van der Waals surface area (Å²) in [6.45, 7) is 5.96.